The molecule has 11 heteroatoms. The first-order valence-electron chi connectivity index (χ1n) is 9.60. The van der Waals surface area contributed by atoms with Crippen molar-refractivity contribution in [2.45, 2.75) is 38.5 Å². The molecule has 5 amide bonds. The van der Waals surface area contributed by atoms with Crippen LogP contribution in [0.3, 0.4) is 0 Å². The first-order valence-corrected chi connectivity index (χ1v) is 9.60. The molecule has 160 valence electrons. The van der Waals surface area contributed by atoms with Crippen molar-refractivity contribution in [3.8, 4) is 0 Å². The van der Waals surface area contributed by atoms with Gasteiger partial charge in [-0.2, -0.15) is 0 Å². The van der Waals surface area contributed by atoms with E-state index in [0.717, 1.165) is 11.3 Å². The molecule has 0 saturated carbocycles. The van der Waals surface area contributed by atoms with Crippen LogP contribution in [0.5, 0.6) is 0 Å². The van der Waals surface area contributed by atoms with Crippen molar-refractivity contribution >= 4 is 29.5 Å². The van der Waals surface area contributed by atoms with Gasteiger partial charge in [0, 0.05) is 32.1 Å². The third-order valence-electron chi connectivity index (χ3n) is 4.61. The number of nitrogens with zero attached hydrogens (tertiary/aromatic N) is 2. The molecule has 0 spiro atoms. The summed E-state index contributed by atoms with van der Waals surface area (Å²) in [5, 5.41) is 16.9. The van der Waals surface area contributed by atoms with Gasteiger partial charge in [-0.1, -0.05) is 6.92 Å². The lowest BCUT2D eigenvalue weighted by Crippen LogP contribution is -2.47. The zero-order valence-electron chi connectivity index (χ0n) is 16.3. The van der Waals surface area contributed by atoms with Crippen LogP contribution in [-0.4, -0.2) is 89.4 Å². The Hall–Kier alpha value is -2.95. The Morgan fingerprint density at radius 1 is 1.10 bits per heavy atom. The number of amides is 5. The lowest BCUT2D eigenvalue weighted by atomic mass is 10.2. The second kappa shape index (κ2) is 10.6. The van der Waals surface area contributed by atoms with E-state index in [9.17, 15) is 29.1 Å². The average Bonchev–Trinajstić information content (AvgIpc) is 3.19. The Bertz CT molecular complexity index is 694. The van der Waals surface area contributed by atoms with Crippen molar-refractivity contribution in [2.75, 3.05) is 32.7 Å². The van der Waals surface area contributed by atoms with Crippen LogP contribution in [0, 0.1) is 0 Å². The van der Waals surface area contributed by atoms with Gasteiger partial charge in [0.2, 0.25) is 29.5 Å². The van der Waals surface area contributed by atoms with Crippen molar-refractivity contribution < 1.29 is 29.1 Å². The number of rotatable bonds is 10. The Kier molecular flexibility index (Phi) is 8.13. The third-order valence-corrected chi connectivity index (χ3v) is 4.61. The zero-order chi connectivity index (χ0) is 21.4. The highest BCUT2D eigenvalue weighted by molar-refractivity contribution is 5.92. The highest BCUT2D eigenvalue weighted by Gasteiger charge is 2.31. The molecular weight excluding hydrogens is 382 g/mol. The zero-order valence-corrected chi connectivity index (χ0v) is 16.3. The minimum atomic E-state index is -1.04. The highest BCUT2D eigenvalue weighted by Crippen LogP contribution is 2.11. The maximum atomic E-state index is 12.1. The summed E-state index contributed by atoms with van der Waals surface area (Å²) >= 11 is 0. The molecule has 11 nitrogen and oxygen atoms in total. The third kappa shape index (κ3) is 6.56. The van der Waals surface area contributed by atoms with Gasteiger partial charge in [-0.25, -0.2) is 0 Å². The van der Waals surface area contributed by atoms with Gasteiger partial charge < -0.3 is 30.9 Å². The molecule has 4 N–H and O–H groups in total. The summed E-state index contributed by atoms with van der Waals surface area (Å²) in [6, 6.07) is -0.566. The summed E-state index contributed by atoms with van der Waals surface area (Å²) in [4.78, 5) is 61.7. The molecule has 0 aromatic rings. The van der Waals surface area contributed by atoms with Crippen LogP contribution in [-0.2, 0) is 24.0 Å². The number of aliphatic hydroxyl groups is 1. The quantitative estimate of drug-likeness (QED) is 0.312. The molecule has 0 aromatic carbocycles. The monoisotopic (exact) mass is 409 g/mol. The topological polar surface area (TPSA) is 148 Å². The fraction of sp³-hybridized carbons (Fsp3) is 0.611. The van der Waals surface area contributed by atoms with Crippen LogP contribution in [0.15, 0.2) is 12.2 Å². The minimum Gasteiger partial charge on any atom is -0.370 e. The largest absolute Gasteiger partial charge is 0.370 e. The smallest absolute Gasteiger partial charge is 0.248 e. The molecule has 0 bridgehead atoms. The predicted molar refractivity (Wildman–Crippen MR) is 101 cm³/mol. The van der Waals surface area contributed by atoms with Gasteiger partial charge in [0.15, 0.2) is 0 Å². The summed E-state index contributed by atoms with van der Waals surface area (Å²) in [7, 11) is 0. The maximum absolute atomic E-state index is 12.1. The average molecular weight is 409 g/mol. The van der Waals surface area contributed by atoms with Gasteiger partial charge in [-0.05, 0) is 18.9 Å². The van der Waals surface area contributed by atoms with Gasteiger partial charge in [0.1, 0.15) is 12.3 Å². The van der Waals surface area contributed by atoms with Crippen LogP contribution in [0.2, 0.25) is 0 Å². The van der Waals surface area contributed by atoms with Crippen molar-refractivity contribution in [3.63, 3.8) is 0 Å². The van der Waals surface area contributed by atoms with Gasteiger partial charge in [0.25, 0.3) is 0 Å². The van der Waals surface area contributed by atoms with E-state index in [2.05, 4.69) is 16.0 Å². The number of carbonyl (C=O) groups is 5. The van der Waals surface area contributed by atoms with Gasteiger partial charge in [-0.3, -0.25) is 24.0 Å². The van der Waals surface area contributed by atoms with Gasteiger partial charge >= 0.3 is 0 Å². The number of hydrogen-bond donors (Lipinski definition) is 4. The standard InChI is InChI=1S/C18H27N5O6/c1-2-7-22-8-5-12(18(22)29)21-15(26)11-20-14(25)10-19-13(24)6-9-23-16(27)3-4-17(23)28/h3-4,12,16,27H,2,5-11H2,1H3,(H,19,24)(H,20,25)(H,21,26). The van der Waals surface area contributed by atoms with E-state index < -0.39 is 30.0 Å². The summed E-state index contributed by atoms with van der Waals surface area (Å²) in [5.74, 6) is -2.00. The molecule has 2 atom stereocenters. The highest BCUT2D eigenvalue weighted by atomic mass is 16.3. The SMILES string of the molecule is CCCN1CCC(NC(=O)CNC(=O)CNC(=O)CCN2C(=O)C=CC2O)C1=O. The molecule has 2 aliphatic heterocycles. The number of nitrogens with one attached hydrogen (secondary N) is 3. The molecule has 0 radical (unpaired) electrons. The van der Waals surface area contributed by atoms with Crippen LogP contribution < -0.4 is 16.0 Å². The molecule has 2 rings (SSSR count). The normalized spacial score (nSPS) is 20.9. The first kappa shape index (κ1) is 22.3. The lowest BCUT2D eigenvalue weighted by Gasteiger charge is -2.19. The van der Waals surface area contributed by atoms with Crippen molar-refractivity contribution in [1.29, 1.82) is 0 Å². The molecule has 0 aliphatic carbocycles. The van der Waals surface area contributed by atoms with E-state index in [4.69, 9.17) is 0 Å². The summed E-state index contributed by atoms with van der Waals surface area (Å²) in [6.45, 7) is 2.63. The van der Waals surface area contributed by atoms with E-state index in [-0.39, 0.29) is 37.9 Å². The van der Waals surface area contributed by atoms with Crippen molar-refractivity contribution in [2.24, 2.45) is 0 Å². The second-order valence-electron chi connectivity index (χ2n) is 6.84. The van der Waals surface area contributed by atoms with E-state index in [1.165, 1.54) is 12.2 Å². The Morgan fingerprint density at radius 3 is 2.45 bits per heavy atom. The van der Waals surface area contributed by atoms with E-state index in [1.807, 2.05) is 6.92 Å². The van der Waals surface area contributed by atoms with Crippen LogP contribution in [0.1, 0.15) is 26.2 Å². The minimum absolute atomic E-state index is 0.0212. The fourth-order valence-corrected chi connectivity index (χ4v) is 3.08. The van der Waals surface area contributed by atoms with Crippen molar-refractivity contribution in [3.05, 3.63) is 12.2 Å². The Morgan fingerprint density at radius 2 is 1.79 bits per heavy atom. The number of carbonyl (C=O) groups excluding carboxylic acids is 5. The maximum Gasteiger partial charge on any atom is 0.248 e. The van der Waals surface area contributed by atoms with Crippen LogP contribution in [0.4, 0.5) is 0 Å². The molecule has 1 saturated heterocycles. The summed E-state index contributed by atoms with van der Waals surface area (Å²) in [6.07, 6.45) is 2.81. The fourth-order valence-electron chi connectivity index (χ4n) is 3.08. The molecule has 2 aliphatic rings. The number of aliphatic hydroxyl groups excluding tert-OH is 1. The molecule has 1 fully saturated rings. The van der Waals surface area contributed by atoms with Crippen LogP contribution in [0.25, 0.3) is 0 Å². The molecule has 2 unspecified atom stereocenters. The van der Waals surface area contributed by atoms with E-state index in [1.54, 1.807) is 4.90 Å². The predicted octanol–water partition coefficient (Wildman–Crippen LogP) is -2.55. The first-order chi connectivity index (χ1) is 13.8. The lowest BCUT2D eigenvalue weighted by molar-refractivity contribution is -0.133. The second-order valence-corrected chi connectivity index (χ2v) is 6.84. The Balaban J connectivity index is 1.59. The Labute approximate surface area is 168 Å². The van der Waals surface area contributed by atoms with Gasteiger partial charge in [-0.15, -0.1) is 0 Å². The van der Waals surface area contributed by atoms with E-state index in [0.29, 0.717) is 19.5 Å². The molecule has 2 heterocycles. The summed E-state index contributed by atoms with van der Waals surface area (Å²) in [5.41, 5.74) is 0. The number of hydrogen-bond acceptors (Lipinski definition) is 6. The molecule has 29 heavy (non-hydrogen) atoms. The van der Waals surface area contributed by atoms with E-state index >= 15 is 0 Å². The molecule has 0 aromatic heterocycles. The summed E-state index contributed by atoms with van der Waals surface area (Å²) < 4.78 is 0. The van der Waals surface area contributed by atoms with Gasteiger partial charge in [0.05, 0.1) is 13.1 Å². The van der Waals surface area contributed by atoms with Crippen molar-refractivity contribution in [1.82, 2.24) is 25.8 Å². The van der Waals surface area contributed by atoms with Crippen LogP contribution >= 0.6 is 0 Å². The number of likely N-dealkylation sites (tertiary alicyclic amines) is 1. The molecular formula is C18H27N5O6.